The van der Waals surface area contributed by atoms with Crippen LogP contribution < -0.4 is 10.6 Å². The second-order valence-electron chi connectivity index (χ2n) is 4.35. The Morgan fingerprint density at radius 2 is 2.13 bits per heavy atom. The van der Waals surface area contributed by atoms with Crippen LogP contribution in [0.3, 0.4) is 0 Å². The van der Waals surface area contributed by atoms with Crippen molar-refractivity contribution in [3.8, 4) is 0 Å². The van der Waals surface area contributed by atoms with Gasteiger partial charge >= 0.3 is 0 Å². The number of nitrogens with zero attached hydrogens (tertiary/aromatic N) is 1. The zero-order valence-corrected chi connectivity index (χ0v) is 9.46. The minimum absolute atomic E-state index is 0.769. The van der Waals surface area contributed by atoms with Crippen LogP contribution in [0.2, 0.25) is 0 Å². The Labute approximate surface area is 91.3 Å². The molecular formula is C12H19N3. The first-order valence-corrected chi connectivity index (χ1v) is 5.68. The van der Waals surface area contributed by atoms with Gasteiger partial charge < -0.3 is 10.6 Å². The summed E-state index contributed by atoms with van der Waals surface area (Å²) < 4.78 is 0. The van der Waals surface area contributed by atoms with Gasteiger partial charge in [-0.1, -0.05) is 13.0 Å². The molecule has 15 heavy (non-hydrogen) atoms. The maximum absolute atomic E-state index is 4.42. The molecule has 0 radical (unpaired) electrons. The summed E-state index contributed by atoms with van der Waals surface area (Å²) in [6.07, 6.45) is 2.82. The van der Waals surface area contributed by atoms with E-state index in [4.69, 9.17) is 0 Å². The fourth-order valence-corrected chi connectivity index (χ4v) is 1.77. The number of pyridine rings is 1. The topological polar surface area (TPSA) is 37.0 Å². The monoisotopic (exact) mass is 205 g/mol. The fourth-order valence-electron chi connectivity index (χ4n) is 1.77. The Hall–Kier alpha value is -1.25. The minimum Gasteiger partial charge on any atom is -0.373 e. The summed E-state index contributed by atoms with van der Waals surface area (Å²) in [5.41, 5.74) is 0. The van der Waals surface area contributed by atoms with Gasteiger partial charge in [-0.3, -0.25) is 0 Å². The van der Waals surface area contributed by atoms with Crippen molar-refractivity contribution in [2.75, 3.05) is 24.2 Å². The van der Waals surface area contributed by atoms with Crippen LogP contribution in [0.4, 0.5) is 11.6 Å². The highest BCUT2D eigenvalue weighted by Gasteiger charge is 2.27. The molecule has 1 unspecified atom stereocenters. The summed E-state index contributed by atoms with van der Waals surface area (Å²) >= 11 is 0. The number of hydrogen-bond donors (Lipinski definition) is 2. The number of hydrogen-bond acceptors (Lipinski definition) is 3. The summed E-state index contributed by atoms with van der Waals surface area (Å²) in [7, 11) is 1.89. The molecule has 0 aromatic carbocycles. The summed E-state index contributed by atoms with van der Waals surface area (Å²) in [6, 6.07) is 6.00. The van der Waals surface area contributed by atoms with Crippen molar-refractivity contribution < 1.29 is 0 Å². The van der Waals surface area contributed by atoms with Crippen molar-refractivity contribution in [1.29, 1.82) is 0 Å². The zero-order chi connectivity index (χ0) is 10.7. The molecular weight excluding hydrogens is 186 g/mol. The molecule has 2 rings (SSSR count). The molecule has 0 saturated heterocycles. The van der Waals surface area contributed by atoms with Crippen molar-refractivity contribution in [2.45, 2.75) is 19.8 Å². The second-order valence-corrected chi connectivity index (χ2v) is 4.35. The highest BCUT2D eigenvalue weighted by atomic mass is 15.0. The van der Waals surface area contributed by atoms with Gasteiger partial charge in [0.1, 0.15) is 11.6 Å². The van der Waals surface area contributed by atoms with E-state index in [0.29, 0.717) is 0 Å². The van der Waals surface area contributed by atoms with Crippen molar-refractivity contribution in [2.24, 2.45) is 11.8 Å². The predicted octanol–water partition coefficient (Wildman–Crippen LogP) is 2.58. The summed E-state index contributed by atoms with van der Waals surface area (Å²) in [6.45, 7) is 3.34. The average Bonchev–Trinajstić information content (AvgIpc) is 3.10. The van der Waals surface area contributed by atoms with Crippen LogP contribution >= 0.6 is 0 Å². The lowest BCUT2D eigenvalue weighted by atomic mass is 10.1. The predicted molar refractivity (Wildman–Crippen MR) is 64.2 cm³/mol. The Bertz CT molecular complexity index is 320. The van der Waals surface area contributed by atoms with Crippen LogP contribution in [-0.4, -0.2) is 18.6 Å². The van der Waals surface area contributed by atoms with E-state index in [1.54, 1.807) is 0 Å². The molecule has 0 aliphatic heterocycles. The maximum Gasteiger partial charge on any atom is 0.128 e. The highest BCUT2D eigenvalue weighted by Crippen LogP contribution is 2.36. The fraction of sp³-hybridized carbons (Fsp3) is 0.583. The lowest BCUT2D eigenvalue weighted by Crippen LogP contribution is -2.13. The van der Waals surface area contributed by atoms with E-state index in [9.17, 15) is 0 Å². The van der Waals surface area contributed by atoms with E-state index in [1.807, 2.05) is 25.2 Å². The molecule has 1 heterocycles. The van der Waals surface area contributed by atoms with E-state index in [2.05, 4.69) is 22.5 Å². The van der Waals surface area contributed by atoms with E-state index >= 15 is 0 Å². The number of anilines is 2. The SMILES string of the molecule is CNc1cccc(NCC(C)C2CC2)n1. The lowest BCUT2D eigenvalue weighted by molar-refractivity contribution is 0.536. The molecule has 1 saturated carbocycles. The molecule has 82 valence electrons. The minimum atomic E-state index is 0.769. The first kappa shape index (κ1) is 10.3. The van der Waals surface area contributed by atoms with E-state index in [0.717, 1.165) is 30.0 Å². The molecule has 0 bridgehead atoms. The first-order chi connectivity index (χ1) is 7.29. The van der Waals surface area contributed by atoms with Gasteiger partial charge in [-0.15, -0.1) is 0 Å². The molecule has 1 atom stereocenters. The van der Waals surface area contributed by atoms with Crippen molar-refractivity contribution in [3.05, 3.63) is 18.2 Å². The maximum atomic E-state index is 4.42. The number of rotatable bonds is 5. The quantitative estimate of drug-likeness (QED) is 0.775. The molecule has 1 aliphatic carbocycles. The molecule has 0 spiro atoms. The molecule has 1 aliphatic rings. The molecule has 0 amide bonds. The summed E-state index contributed by atoms with van der Waals surface area (Å²) in [5.74, 6) is 3.60. The van der Waals surface area contributed by atoms with Gasteiger partial charge in [0.15, 0.2) is 0 Å². The first-order valence-electron chi connectivity index (χ1n) is 5.68. The summed E-state index contributed by atoms with van der Waals surface area (Å²) in [5, 5.41) is 6.43. The molecule has 1 aromatic heterocycles. The molecule has 3 heteroatoms. The van der Waals surface area contributed by atoms with Crippen LogP contribution in [0.5, 0.6) is 0 Å². The normalized spacial score (nSPS) is 17.2. The van der Waals surface area contributed by atoms with Gasteiger partial charge in [0.2, 0.25) is 0 Å². The van der Waals surface area contributed by atoms with Gasteiger partial charge in [0.05, 0.1) is 0 Å². The van der Waals surface area contributed by atoms with Crippen LogP contribution in [0.1, 0.15) is 19.8 Å². The van der Waals surface area contributed by atoms with Gasteiger partial charge in [-0.05, 0) is 36.8 Å². The zero-order valence-electron chi connectivity index (χ0n) is 9.46. The third-order valence-electron chi connectivity index (χ3n) is 3.04. The van der Waals surface area contributed by atoms with Crippen LogP contribution in [0, 0.1) is 11.8 Å². The third kappa shape index (κ3) is 2.85. The smallest absolute Gasteiger partial charge is 0.128 e. The van der Waals surface area contributed by atoms with Crippen molar-refractivity contribution >= 4 is 11.6 Å². The van der Waals surface area contributed by atoms with E-state index in [-0.39, 0.29) is 0 Å². The standard InChI is InChI=1S/C12H19N3/c1-9(10-6-7-10)8-14-12-5-3-4-11(13-2)15-12/h3-5,9-10H,6-8H2,1-2H3,(H2,13,14,15). The second kappa shape index (κ2) is 4.51. The largest absolute Gasteiger partial charge is 0.373 e. The van der Waals surface area contributed by atoms with Crippen LogP contribution in [-0.2, 0) is 0 Å². The van der Waals surface area contributed by atoms with Crippen molar-refractivity contribution in [3.63, 3.8) is 0 Å². The van der Waals surface area contributed by atoms with Gasteiger partial charge in [-0.25, -0.2) is 4.98 Å². The molecule has 2 N–H and O–H groups in total. The van der Waals surface area contributed by atoms with Crippen LogP contribution in [0.25, 0.3) is 0 Å². The molecule has 3 nitrogen and oxygen atoms in total. The number of nitrogens with one attached hydrogen (secondary N) is 2. The van der Waals surface area contributed by atoms with Crippen molar-refractivity contribution in [1.82, 2.24) is 4.98 Å². The molecule has 1 aromatic rings. The average molecular weight is 205 g/mol. The number of aromatic nitrogens is 1. The van der Waals surface area contributed by atoms with Crippen LogP contribution in [0.15, 0.2) is 18.2 Å². The summed E-state index contributed by atoms with van der Waals surface area (Å²) in [4.78, 5) is 4.42. The Morgan fingerprint density at radius 1 is 1.40 bits per heavy atom. The molecule has 1 fully saturated rings. The Balaban J connectivity index is 1.86. The van der Waals surface area contributed by atoms with Gasteiger partial charge in [0, 0.05) is 13.6 Å². The van der Waals surface area contributed by atoms with E-state index < -0.39 is 0 Å². The Kier molecular flexibility index (Phi) is 3.09. The van der Waals surface area contributed by atoms with E-state index in [1.165, 1.54) is 12.8 Å². The third-order valence-corrected chi connectivity index (χ3v) is 3.04. The van der Waals surface area contributed by atoms with Gasteiger partial charge in [-0.2, -0.15) is 0 Å². The van der Waals surface area contributed by atoms with Gasteiger partial charge in [0.25, 0.3) is 0 Å². The highest BCUT2D eigenvalue weighted by molar-refractivity contribution is 5.44. The Morgan fingerprint density at radius 3 is 2.80 bits per heavy atom. The lowest BCUT2D eigenvalue weighted by Gasteiger charge is -2.12.